The fourth-order valence-corrected chi connectivity index (χ4v) is 1.92. The Labute approximate surface area is 106 Å². The average molecular weight is 257 g/mol. The molecular formula is C12H14Cl2N2. The Morgan fingerprint density at radius 2 is 2.19 bits per heavy atom. The molecule has 16 heavy (non-hydrogen) atoms. The van der Waals surface area contributed by atoms with Gasteiger partial charge in [0.05, 0.1) is 12.5 Å². The Morgan fingerprint density at radius 3 is 2.75 bits per heavy atom. The summed E-state index contributed by atoms with van der Waals surface area (Å²) in [6, 6.07) is 7.96. The molecule has 0 aromatic heterocycles. The smallest absolute Gasteiger partial charge is 0.0643 e. The molecule has 0 saturated heterocycles. The first kappa shape index (κ1) is 13.2. The van der Waals surface area contributed by atoms with Crippen molar-refractivity contribution in [1.29, 1.82) is 5.26 Å². The molecule has 0 spiro atoms. The zero-order chi connectivity index (χ0) is 12.1. The predicted octanol–water partition coefficient (Wildman–Crippen LogP) is 3.82. The van der Waals surface area contributed by atoms with Crippen molar-refractivity contribution in [2.24, 2.45) is 0 Å². The van der Waals surface area contributed by atoms with Crippen molar-refractivity contribution < 1.29 is 0 Å². The molecule has 0 N–H and O–H groups in total. The molecule has 2 nitrogen and oxygen atoms in total. The molecule has 0 aliphatic rings. The number of anilines is 1. The van der Waals surface area contributed by atoms with Crippen LogP contribution in [0.3, 0.4) is 0 Å². The Bertz CT molecular complexity index is 398. The maximum Gasteiger partial charge on any atom is 0.0643 e. The van der Waals surface area contributed by atoms with Crippen LogP contribution in [0.4, 0.5) is 5.69 Å². The highest BCUT2D eigenvalue weighted by Crippen LogP contribution is 2.26. The Kier molecular flexibility index (Phi) is 4.92. The first-order chi connectivity index (χ1) is 7.60. The van der Waals surface area contributed by atoms with Crippen LogP contribution in [0, 0.1) is 11.3 Å². The lowest BCUT2D eigenvalue weighted by atomic mass is 10.1. The predicted molar refractivity (Wildman–Crippen MR) is 69.1 cm³/mol. The van der Waals surface area contributed by atoms with Crippen molar-refractivity contribution in [3.8, 4) is 6.07 Å². The van der Waals surface area contributed by atoms with Gasteiger partial charge in [0.1, 0.15) is 0 Å². The summed E-state index contributed by atoms with van der Waals surface area (Å²) in [6.07, 6.45) is 0.487. The van der Waals surface area contributed by atoms with E-state index in [0.717, 1.165) is 11.3 Å². The van der Waals surface area contributed by atoms with Gasteiger partial charge < -0.3 is 4.90 Å². The largest absolute Gasteiger partial charge is 0.371 e. The van der Waals surface area contributed by atoms with Gasteiger partial charge in [-0.3, -0.25) is 0 Å². The Balaban J connectivity index is 2.99. The van der Waals surface area contributed by atoms with Crippen LogP contribution >= 0.6 is 23.2 Å². The number of rotatable bonds is 4. The summed E-state index contributed by atoms with van der Waals surface area (Å²) in [5.74, 6) is 0.416. The molecule has 1 atom stereocenters. The molecule has 1 unspecified atom stereocenters. The van der Waals surface area contributed by atoms with Gasteiger partial charge in [-0.25, -0.2) is 0 Å². The van der Waals surface area contributed by atoms with Gasteiger partial charge >= 0.3 is 0 Å². The first-order valence-corrected chi connectivity index (χ1v) is 5.95. The second-order valence-electron chi connectivity index (χ2n) is 3.73. The van der Waals surface area contributed by atoms with Crippen molar-refractivity contribution in [2.75, 3.05) is 11.9 Å². The Hall–Kier alpha value is -0.910. The van der Waals surface area contributed by atoms with Crippen LogP contribution in [0.15, 0.2) is 18.2 Å². The summed E-state index contributed by atoms with van der Waals surface area (Å²) >= 11 is 11.8. The topological polar surface area (TPSA) is 27.0 Å². The quantitative estimate of drug-likeness (QED) is 0.767. The van der Waals surface area contributed by atoms with Crippen molar-refractivity contribution in [1.82, 2.24) is 0 Å². The fourth-order valence-electron chi connectivity index (χ4n) is 1.51. The van der Waals surface area contributed by atoms with Crippen molar-refractivity contribution in [2.45, 2.75) is 25.3 Å². The van der Waals surface area contributed by atoms with Crippen LogP contribution in [0.1, 0.15) is 18.9 Å². The minimum atomic E-state index is 0.160. The molecule has 1 rings (SSSR count). The van der Waals surface area contributed by atoms with Crippen LogP contribution in [0.2, 0.25) is 5.02 Å². The van der Waals surface area contributed by atoms with Gasteiger partial charge in [-0.05, 0) is 30.7 Å². The van der Waals surface area contributed by atoms with E-state index in [1.165, 1.54) is 0 Å². The van der Waals surface area contributed by atoms with Gasteiger partial charge in [0.25, 0.3) is 0 Å². The van der Waals surface area contributed by atoms with Crippen molar-refractivity contribution >= 4 is 28.9 Å². The lowest BCUT2D eigenvalue weighted by molar-refractivity contribution is 0.700. The highest BCUT2D eigenvalue weighted by atomic mass is 35.5. The third-order valence-electron chi connectivity index (χ3n) is 2.61. The van der Waals surface area contributed by atoms with Crippen LogP contribution in [0.25, 0.3) is 0 Å². The van der Waals surface area contributed by atoms with Gasteiger partial charge in [0.2, 0.25) is 0 Å². The summed E-state index contributed by atoms with van der Waals surface area (Å²) in [4.78, 5) is 2.05. The molecule has 0 aliphatic carbocycles. The lowest BCUT2D eigenvalue weighted by Crippen LogP contribution is -2.29. The van der Waals surface area contributed by atoms with E-state index in [2.05, 4.69) is 11.0 Å². The number of benzene rings is 1. The molecule has 86 valence electrons. The molecule has 1 aromatic rings. The highest BCUT2D eigenvalue weighted by Gasteiger charge is 2.13. The van der Waals surface area contributed by atoms with E-state index in [-0.39, 0.29) is 6.04 Å². The highest BCUT2D eigenvalue weighted by molar-refractivity contribution is 6.30. The van der Waals surface area contributed by atoms with Gasteiger partial charge in [0, 0.05) is 29.7 Å². The van der Waals surface area contributed by atoms with Crippen molar-refractivity contribution in [3.63, 3.8) is 0 Å². The monoisotopic (exact) mass is 256 g/mol. The number of nitrogens with zero attached hydrogens (tertiary/aromatic N) is 2. The van der Waals surface area contributed by atoms with E-state index in [4.69, 9.17) is 28.5 Å². The van der Waals surface area contributed by atoms with Gasteiger partial charge in [-0.1, -0.05) is 11.6 Å². The van der Waals surface area contributed by atoms with Crippen LogP contribution in [0.5, 0.6) is 0 Å². The van der Waals surface area contributed by atoms with E-state index in [1.54, 1.807) is 0 Å². The first-order valence-electron chi connectivity index (χ1n) is 5.04. The summed E-state index contributed by atoms with van der Waals surface area (Å²) < 4.78 is 0. The third kappa shape index (κ3) is 3.04. The fraction of sp³-hybridized carbons (Fsp3) is 0.417. The second-order valence-corrected chi connectivity index (χ2v) is 4.43. The van der Waals surface area contributed by atoms with Crippen LogP contribution in [-0.2, 0) is 5.88 Å². The molecule has 0 amide bonds. The van der Waals surface area contributed by atoms with E-state index in [0.29, 0.717) is 17.3 Å². The number of nitriles is 1. The summed E-state index contributed by atoms with van der Waals surface area (Å²) in [6.45, 7) is 2.01. The van der Waals surface area contributed by atoms with Gasteiger partial charge in [-0.15, -0.1) is 11.6 Å². The van der Waals surface area contributed by atoms with E-state index in [9.17, 15) is 0 Å². The standard InChI is InChI=1S/C12H14Cl2N2/c1-9(5-6-15)16(2)12-4-3-11(14)7-10(12)8-13/h3-4,7,9H,5,8H2,1-2H3. The molecular weight excluding hydrogens is 243 g/mol. The second kappa shape index (κ2) is 5.98. The zero-order valence-corrected chi connectivity index (χ0v) is 10.9. The summed E-state index contributed by atoms with van der Waals surface area (Å²) in [5, 5.41) is 9.36. The van der Waals surface area contributed by atoms with E-state index in [1.807, 2.05) is 32.2 Å². The normalized spacial score (nSPS) is 11.9. The lowest BCUT2D eigenvalue weighted by Gasteiger charge is -2.27. The molecule has 0 heterocycles. The third-order valence-corrected chi connectivity index (χ3v) is 3.14. The minimum absolute atomic E-state index is 0.160. The molecule has 1 aromatic carbocycles. The summed E-state index contributed by atoms with van der Waals surface area (Å²) in [5.41, 5.74) is 2.02. The van der Waals surface area contributed by atoms with Crippen LogP contribution < -0.4 is 4.90 Å². The maximum absolute atomic E-state index is 8.68. The molecule has 4 heteroatoms. The minimum Gasteiger partial charge on any atom is -0.371 e. The van der Waals surface area contributed by atoms with Crippen LogP contribution in [-0.4, -0.2) is 13.1 Å². The number of halogens is 2. The molecule has 0 fully saturated rings. The molecule has 0 radical (unpaired) electrons. The van der Waals surface area contributed by atoms with Gasteiger partial charge in [-0.2, -0.15) is 5.26 Å². The maximum atomic E-state index is 8.68. The molecule has 0 aliphatic heterocycles. The van der Waals surface area contributed by atoms with Gasteiger partial charge in [0.15, 0.2) is 0 Å². The summed E-state index contributed by atoms with van der Waals surface area (Å²) in [7, 11) is 1.96. The van der Waals surface area contributed by atoms with Crippen molar-refractivity contribution in [3.05, 3.63) is 28.8 Å². The average Bonchev–Trinajstić information content (AvgIpc) is 2.28. The van der Waals surface area contributed by atoms with E-state index < -0.39 is 0 Å². The number of alkyl halides is 1. The number of hydrogen-bond acceptors (Lipinski definition) is 2. The number of hydrogen-bond donors (Lipinski definition) is 0. The SMILES string of the molecule is CC(CC#N)N(C)c1ccc(Cl)cc1CCl. The van der Waals surface area contributed by atoms with E-state index >= 15 is 0 Å². The zero-order valence-electron chi connectivity index (χ0n) is 9.37. The Morgan fingerprint density at radius 1 is 1.50 bits per heavy atom. The molecule has 0 bridgehead atoms. The molecule has 0 saturated carbocycles.